The minimum Gasteiger partial charge on any atom is -0.387 e. The van der Waals surface area contributed by atoms with E-state index in [1.165, 1.54) is 27.9 Å². The smallest absolute Gasteiger partial charge is 0.0726 e. The van der Waals surface area contributed by atoms with Gasteiger partial charge in [0.25, 0.3) is 0 Å². The van der Waals surface area contributed by atoms with Gasteiger partial charge in [0.1, 0.15) is 0 Å². The van der Waals surface area contributed by atoms with Gasteiger partial charge in [-0.15, -0.1) is 0 Å². The lowest BCUT2D eigenvalue weighted by atomic mass is 10.0. The molecule has 0 spiro atoms. The van der Waals surface area contributed by atoms with Crippen molar-refractivity contribution >= 4 is 16.6 Å². The van der Waals surface area contributed by atoms with Crippen molar-refractivity contribution in [2.75, 3.05) is 12.4 Å². The fourth-order valence-electron chi connectivity index (χ4n) is 2.34. The molecule has 0 atom stereocenters. The molecule has 0 bridgehead atoms. The van der Waals surface area contributed by atoms with E-state index in [2.05, 4.69) is 44.3 Å². The monoisotopic (exact) mass is 228 g/mol. The van der Waals surface area contributed by atoms with Gasteiger partial charge in [0, 0.05) is 23.8 Å². The molecule has 0 saturated heterocycles. The van der Waals surface area contributed by atoms with Gasteiger partial charge in [-0.05, 0) is 43.0 Å². The molecule has 90 valence electrons. The molecule has 1 heterocycles. The van der Waals surface area contributed by atoms with Crippen LogP contribution in [-0.2, 0) is 12.8 Å². The van der Waals surface area contributed by atoms with Gasteiger partial charge in [-0.3, -0.25) is 4.98 Å². The highest BCUT2D eigenvalue weighted by atomic mass is 14.8. The summed E-state index contributed by atoms with van der Waals surface area (Å²) in [4.78, 5) is 4.74. The van der Waals surface area contributed by atoms with Gasteiger partial charge in [-0.25, -0.2) is 0 Å². The van der Waals surface area contributed by atoms with Gasteiger partial charge in [0.2, 0.25) is 0 Å². The highest BCUT2D eigenvalue weighted by Crippen LogP contribution is 2.28. The van der Waals surface area contributed by atoms with Crippen LogP contribution in [-0.4, -0.2) is 12.0 Å². The van der Waals surface area contributed by atoms with Crippen LogP contribution in [0.4, 0.5) is 5.69 Å². The summed E-state index contributed by atoms with van der Waals surface area (Å²) in [5.74, 6) is 0. The molecule has 2 nitrogen and oxygen atoms in total. The molecule has 0 amide bonds. The number of aryl methyl sites for hydroxylation is 2. The number of nitrogens with one attached hydrogen (secondary N) is 1. The Morgan fingerprint density at radius 1 is 1.18 bits per heavy atom. The van der Waals surface area contributed by atoms with Crippen molar-refractivity contribution in [1.82, 2.24) is 4.98 Å². The van der Waals surface area contributed by atoms with E-state index in [9.17, 15) is 0 Å². The van der Waals surface area contributed by atoms with E-state index in [1.54, 1.807) is 0 Å². The average Bonchev–Trinajstić information content (AvgIpc) is 2.37. The molecule has 2 heteroatoms. The van der Waals surface area contributed by atoms with E-state index >= 15 is 0 Å². The topological polar surface area (TPSA) is 24.9 Å². The van der Waals surface area contributed by atoms with Gasteiger partial charge in [-0.2, -0.15) is 0 Å². The number of fused-ring (bicyclic) bond motifs is 1. The van der Waals surface area contributed by atoms with Gasteiger partial charge < -0.3 is 5.32 Å². The number of benzene rings is 1. The normalized spacial score (nSPS) is 10.8. The fourth-order valence-corrected chi connectivity index (χ4v) is 2.34. The quantitative estimate of drug-likeness (QED) is 0.866. The highest BCUT2D eigenvalue weighted by molar-refractivity contribution is 5.93. The summed E-state index contributed by atoms with van der Waals surface area (Å²) in [6.07, 6.45) is 2.04. The number of aromatic nitrogens is 1. The van der Waals surface area contributed by atoms with Crippen LogP contribution in [0.1, 0.15) is 30.7 Å². The molecule has 0 saturated carbocycles. The number of pyridine rings is 1. The summed E-state index contributed by atoms with van der Waals surface area (Å²) in [6, 6.07) is 6.55. The third-order valence-electron chi connectivity index (χ3n) is 3.39. The molecule has 17 heavy (non-hydrogen) atoms. The predicted octanol–water partition coefficient (Wildman–Crippen LogP) is 3.71. The van der Waals surface area contributed by atoms with Crippen LogP contribution in [0.25, 0.3) is 10.9 Å². The van der Waals surface area contributed by atoms with Crippen molar-refractivity contribution < 1.29 is 0 Å². The van der Waals surface area contributed by atoms with Crippen molar-refractivity contribution in [2.45, 2.75) is 33.6 Å². The number of hydrogen-bond acceptors (Lipinski definition) is 2. The molecule has 2 aromatic rings. The Kier molecular flexibility index (Phi) is 3.32. The third kappa shape index (κ3) is 1.99. The molecule has 0 aliphatic rings. The molecule has 1 aromatic carbocycles. The van der Waals surface area contributed by atoms with Crippen molar-refractivity contribution in [1.29, 1.82) is 0 Å². The minimum atomic E-state index is 0.978. The summed E-state index contributed by atoms with van der Waals surface area (Å²) in [6.45, 7) is 6.48. The van der Waals surface area contributed by atoms with Crippen LogP contribution in [0.2, 0.25) is 0 Å². The van der Waals surface area contributed by atoms with Crippen LogP contribution in [0.15, 0.2) is 18.2 Å². The SMILES string of the molecule is CCc1ccc2nc(CC)c(C)c(NC)c2c1. The van der Waals surface area contributed by atoms with Crippen molar-refractivity contribution in [2.24, 2.45) is 0 Å². The summed E-state index contributed by atoms with van der Waals surface area (Å²) in [7, 11) is 1.99. The molecule has 2 rings (SSSR count). The molecular weight excluding hydrogens is 208 g/mol. The van der Waals surface area contributed by atoms with E-state index in [0.29, 0.717) is 0 Å². The number of anilines is 1. The largest absolute Gasteiger partial charge is 0.387 e. The number of nitrogens with zero attached hydrogens (tertiary/aromatic N) is 1. The standard InChI is InChI=1S/C15H20N2/c1-5-11-7-8-14-12(9-11)15(16-4)10(3)13(6-2)17-14/h7-9H,5-6H2,1-4H3,(H,16,17). The summed E-state index contributed by atoms with van der Waals surface area (Å²) in [5.41, 5.74) is 6.14. The highest BCUT2D eigenvalue weighted by Gasteiger charge is 2.09. The first-order valence-corrected chi connectivity index (χ1v) is 6.31. The van der Waals surface area contributed by atoms with Crippen LogP contribution in [0.3, 0.4) is 0 Å². The molecule has 1 N–H and O–H groups in total. The van der Waals surface area contributed by atoms with Gasteiger partial charge in [-0.1, -0.05) is 19.9 Å². The van der Waals surface area contributed by atoms with E-state index in [4.69, 9.17) is 4.98 Å². The van der Waals surface area contributed by atoms with Crippen molar-refractivity contribution in [3.05, 3.63) is 35.0 Å². The van der Waals surface area contributed by atoms with E-state index in [0.717, 1.165) is 18.4 Å². The summed E-state index contributed by atoms with van der Waals surface area (Å²) < 4.78 is 0. The Labute approximate surface area is 103 Å². The van der Waals surface area contributed by atoms with E-state index < -0.39 is 0 Å². The van der Waals surface area contributed by atoms with Crippen LogP contribution >= 0.6 is 0 Å². The first-order chi connectivity index (χ1) is 8.21. The zero-order valence-electron chi connectivity index (χ0n) is 11.1. The van der Waals surface area contributed by atoms with Crippen LogP contribution < -0.4 is 5.32 Å². The second kappa shape index (κ2) is 4.74. The molecule has 0 unspecified atom stereocenters. The molecule has 0 aliphatic carbocycles. The van der Waals surface area contributed by atoms with Crippen molar-refractivity contribution in [3.63, 3.8) is 0 Å². The first kappa shape index (κ1) is 11.9. The molecule has 1 aromatic heterocycles. The van der Waals surface area contributed by atoms with Crippen LogP contribution in [0.5, 0.6) is 0 Å². The van der Waals surface area contributed by atoms with Gasteiger partial charge >= 0.3 is 0 Å². The first-order valence-electron chi connectivity index (χ1n) is 6.31. The van der Waals surface area contributed by atoms with E-state index in [1.807, 2.05) is 7.05 Å². The Bertz CT molecular complexity index is 544. The van der Waals surface area contributed by atoms with E-state index in [-0.39, 0.29) is 0 Å². The second-order valence-corrected chi connectivity index (χ2v) is 4.37. The lowest BCUT2D eigenvalue weighted by molar-refractivity contribution is 1.03. The Morgan fingerprint density at radius 3 is 2.53 bits per heavy atom. The zero-order chi connectivity index (χ0) is 12.4. The van der Waals surface area contributed by atoms with Crippen LogP contribution in [0, 0.1) is 6.92 Å². The lowest BCUT2D eigenvalue weighted by Crippen LogP contribution is -2.01. The molecular formula is C15H20N2. The molecule has 0 radical (unpaired) electrons. The lowest BCUT2D eigenvalue weighted by Gasteiger charge is -2.14. The Morgan fingerprint density at radius 2 is 1.94 bits per heavy atom. The summed E-state index contributed by atoms with van der Waals surface area (Å²) >= 11 is 0. The summed E-state index contributed by atoms with van der Waals surface area (Å²) in [5, 5.41) is 4.56. The Hall–Kier alpha value is -1.57. The number of rotatable bonds is 3. The average molecular weight is 228 g/mol. The molecule has 0 fully saturated rings. The van der Waals surface area contributed by atoms with Crippen molar-refractivity contribution in [3.8, 4) is 0 Å². The maximum absolute atomic E-state index is 4.74. The fraction of sp³-hybridized carbons (Fsp3) is 0.400. The third-order valence-corrected chi connectivity index (χ3v) is 3.39. The number of hydrogen-bond donors (Lipinski definition) is 1. The Balaban J connectivity index is 2.78. The maximum atomic E-state index is 4.74. The minimum absolute atomic E-state index is 0.978. The van der Waals surface area contributed by atoms with Gasteiger partial charge in [0.05, 0.1) is 5.52 Å². The second-order valence-electron chi connectivity index (χ2n) is 4.37. The van der Waals surface area contributed by atoms with Gasteiger partial charge in [0.15, 0.2) is 0 Å². The predicted molar refractivity (Wildman–Crippen MR) is 74.8 cm³/mol. The maximum Gasteiger partial charge on any atom is 0.0726 e. The zero-order valence-corrected chi connectivity index (χ0v) is 11.1. The molecule has 0 aliphatic heterocycles.